The van der Waals surface area contributed by atoms with Crippen molar-refractivity contribution in [2.45, 2.75) is 38.2 Å². The minimum absolute atomic E-state index is 0.0256. The van der Waals surface area contributed by atoms with Gasteiger partial charge in [-0.2, -0.15) is 8.42 Å². The Kier molecular flexibility index (Phi) is 7.70. The first-order valence-corrected chi connectivity index (χ1v) is 13.2. The predicted molar refractivity (Wildman–Crippen MR) is 142 cm³/mol. The van der Waals surface area contributed by atoms with E-state index in [2.05, 4.69) is 9.97 Å². The number of aromatic nitrogens is 2. The fourth-order valence-corrected chi connectivity index (χ4v) is 4.22. The maximum atomic E-state index is 12.3. The second kappa shape index (κ2) is 10.8. The molecular weight excluding hydrogens is 510 g/mol. The summed E-state index contributed by atoms with van der Waals surface area (Å²) >= 11 is 0. The molecule has 0 saturated heterocycles. The van der Waals surface area contributed by atoms with E-state index in [0.717, 1.165) is 5.56 Å². The molecule has 1 amide bonds. The Morgan fingerprint density at radius 3 is 2.42 bits per heavy atom. The minimum Gasteiger partial charge on any atom is -0.491 e. The Bertz CT molecular complexity index is 1520. The zero-order chi connectivity index (χ0) is 27.5. The van der Waals surface area contributed by atoms with Gasteiger partial charge in [-0.15, -0.1) is 0 Å². The summed E-state index contributed by atoms with van der Waals surface area (Å²) in [5.41, 5.74) is 2.07. The summed E-state index contributed by atoms with van der Waals surface area (Å²) in [7, 11) is -2.27. The van der Waals surface area contributed by atoms with Crippen molar-refractivity contribution in [1.82, 2.24) is 9.97 Å². The number of hydrogen-bond acceptors (Lipinski definition) is 9. The van der Waals surface area contributed by atoms with E-state index in [1.165, 1.54) is 17.0 Å². The van der Waals surface area contributed by atoms with Gasteiger partial charge in [0.2, 0.25) is 5.89 Å². The lowest BCUT2D eigenvalue weighted by Crippen LogP contribution is -2.34. The van der Waals surface area contributed by atoms with Gasteiger partial charge in [0.25, 0.3) is 10.1 Å². The third-order valence-electron chi connectivity index (χ3n) is 5.27. The van der Waals surface area contributed by atoms with E-state index in [1.54, 1.807) is 76.5 Å². The van der Waals surface area contributed by atoms with E-state index in [0.29, 0.717) is 34.1 Å². The van der Waals surface area contributed by atoms with Gasteiger partial charge in [-0.05, 0) is 64.1 Å². The van der Waals surface area contributed by atoms with Gasteiger partial charge in [-0.1, -0.05) is 17.7 Å². The third-order valence-corrected chi connectivity index (χ3v) is 6.59. The van der Waals surface area contributed by atoms with Crippen LogP contribution in [0.4, 0.5) is 10.6 Å². The van der Waals surface area contributed by atoms with Crippen molar-refractivity contribution >= 4 is 33.1 Å². The molecule has 0 unspecified atom stereocenters. The Labute approximate surface area is 221 Å². The molecular formula is C27H29N3O7S. The molecule has 2 aromatic heterocycles. The second-order valence-corrected chi connectivity index (χ2v) is 11.1. The summed E-state index contributed by atoms with van der Waals surface area (Å²) in [6.07, 6.45) is 1.05. The van der Waals surface area contributed by atoms with Gasteiger partial charge < -0.3 is 13.9 Å². The Balaban J connectivity index is 1.37. The first-order chi connectivity index (χ1) is 17.9. The van der Waals surface area contributed by atoms with Crippen LogP contribution < -0.4 is 9.64 Å². The molecule has 10 nitrogen and oxygen atoms in total. The molecule has 0 saturated carbocycles. The number of amides is 1. The molecule has 0 N–H and O–H groups in total. The summed E-state index contributed by atoms with van der Waals surface area (Å²) in [5, 5.41) is 0. The van der Waals surface area contributed by atoms with Crippen molar-refractivity contribution in [3.05, 3.63) is 66.4 Å². The van der Waals surface area contributed by atoms with E-state index in [9.17, 15) is 13.2 Å². The number of fused-ring (bicyclic) bond motifs is 1. The molecule has 0 aliphatic heterocycles. The van der Waals surface area contributed by atoms with Crippen molar-refractivity contribution in [3.8, 4) is 17.2 Å². The van der Waals surface area contributed by atoms with Crippen LogP contribution in [0.5, 0.6) is 5.75 Å². The van der Waals surface area contributed by atoms with Crippen molar-refractivity contribution < 1.29 is 31.3 Å². The number of rotatable bonds is 8. The molecule has 0 atom stereocenters. The topological polar surface area (TPSA) is 121 Å². The van der Waals surface area contributed by atoms with Crippen LogP contribution in [0, 0.1) is 6.92 Å². The average Bonchev–Trinajstić information content (AvgIpc) is 3.29. The van der Waals surface area contributed by atoms with Gasteiger partial charge in [0.15, 0.2) is 5.58 Å². The molecule has 200 valence electrons. The van der Waals surface area contributed by atoms with Crippen LogP contribution in [-0.2, 0) is 19.0 Å². The molecule has 0 bridgehead atoms. The summed E-state index contributed by atoms with van der Waals surface area (Å²) in [4.78, 5) is 22.5. The third kappa shape index (κ3) is 6.67. The molecule has 11 heteroatoms. The monoisotopic (exact) mass is 539 g/mol. The largest absolute Gasteiger partial charge is 0.491 e. The van der Waals surface area contributed by atoms with Crippen molar-refractivity contribution in [1.29, 1.82) is 0 Å². The van der Waals surface area contributed by atoms with Crippen LogP contribution in [0.25, 0.3) is 22.6 Å². The SMILES string of the molecule is Cc1ccc(S(=O)(=O)OCCOc2ccc3oc(-c4ccc(N(C)C(=O)OC(C)(C)C)nc4)nc3c2)cc1. The van der Waals surface area contributed by atoms with Gasteiger partial charge in [-0.3, -0.25) is 9.08 Å². The molecule has 2 heterocycles. The maximum absolute atomic E-state index is 12.3. The highest BCUT2D eigenvalue weighted by Gasteiger charge is 2.21. The van der Waals surface area contributed by atoms with E-state index >= 15 is 0 Å². The highest BCUT2D eigenvalue weighted by atomic mass is 32.2. The summed E-state index contributed by atoms with van der Waals surface area (Å²) in [6.45, 7) is 7.14. The van der Waals surface area contributed by atoms with Crippen LogP contribution in [-0.4, -0.2) is 50.3 Å². The number of hydrogen-bond donors (Lipinski definition) is 0. The van der Waals surface area contributed by atoms with Crippen LogP contribution in [0.2, 0.25) is 0 Å². The van der Waals surface area contributed by atoms with E-state index in [1.807, 2.05) is 6.92 Å². The fourth-order valence-electron chi connectivity index (χ4n) is 3.33. The number of pyridine rings is 1. The van der Waals surface area contributed by atoms with Gasteiger partial charge in [-0.25, -0.2) is 14.8 Å². The first kappa shape index (κ1) is 27.1. The number of benzene rings is 2. The minimum atomic E-state index is -3.86. The van der Waals surface area contributed by atoms with Gasteiger partial charge in [0, 0.05) is 19.3 Å². The smallest absolute Gasteiger partial charge is 0.415 e. The number of nitrogens with zero attached hydrogens (tertiary/aromatic N) is 3. The molecule has 0 aliphatic rings. The molecule has 4 aromatic rings. The van der Waals surface area contributed by atoms with E-state index in [4.69, 9.17) is 18.1 Å². The Morgan fingerprint density at radius 1 is 1.03 bits per heavy atom. The number of carbonyl (C=O) groups is 1. The predicted octanol–water partition coefficient (Wildman–Crippen LogP) is 5.35. The molecule has 0 radical (unpaired) electrons. The molecule has 0 spiro atoms. The van der Waals surface area contributed by atoms with Crippen LogP contribution in [0.15, 0.2) is 70.1 Å². The fraction of sp³-hybridized carbons (Fsp3) is 0.296. The molecule has 2 aromatic carbocycles. The van der Waals surface area contributed by atoms with Crippen molar-refractivity contribution in [2.75, 3.05) is 25.2 Å². The summed E-state index contributed by atoms with van der Waals surface area (Å²) in [6, 6.07) is 14.9. The van der Waals surface area contributed by atoms with Gasteiger partial charge in [0.05, 0.1) is 10.5 Å². The highest BCUT2D eigenvalue weighted by Crippen LogP contribution is 2.28. The lowest BCUT2D eigenvalue weighted by molar-refractivity contribution is 0.0588. The number of ether oxygens (including phenoxy) is 2. The van der Waals surface area contributed by atoms with Gasteiger partial charge >= 0.3 is 6.09 Å². The molecule has 38 heavy (non-hydrogen) atoms. The quantitative estimate of drug-likeness (QED) is 0.215. The zero-order valence-electron chi connectivity index (χ0n) is 21.8. The van der Waals surface area contributed by atoms with Crippen LogP contribution in [0.3, 0.4) is 0 Å². The molecule has 0 fully saturated rings. The lowest BCUT2D eigenvalue weighted by atomic mass is 10.2. The zero-order valence-corrected chi connectivity index (χ0v) is 22.6. The lowest BCUT2D eigenvalue weighted by Gasteiger charge is -2.24. The number of aryl methyl sites for hydroxylation is 1. The van der Waals surface area contributed by atoms with Gasteiger partial charge in [0.1, 0.15) is 35.9 Å². The maximum Gasteiger partial charge on any atom is 0.415 e. The Morgan fingerprint density at radius 2 is 1.76 bits per heavy atom. The van der Waals surface area contributed by atoms with Crippen molar-refractivity contribution in [3.63, 3.8) is 0 Å². The molecule has 0 aliphatic carbocycles. The van der Waals surface area contributed by atoms with E-state index in [-0.39, 0.29) is 18.1 Å². The summed E-state index contributed by atoms with van der Waals surface area (Å²) in [5.74, 6) is 1.26. The number of anilines is 1. The highest BCUT2D eigenvalue weighted by molar-refractivity contribution is 7.86. The Hall–Kier alpha value is -3.96. The first-order valence-electron chi connectivity index (χ1n) is 11.8. The normalized spacial score (nSPS) is 11.9. The second-order valence-electron chi connectivity index (χ2n) is 9.53. The standard InChI is InChI=1S/C27H29N3O7S/c1-18-6-10-21(11-7-18)38(32,33)35-15-14-34-20-9-12-23-22(16-20)29-25(36-23)19-8-13-24(28-17-19)30(5)26(31)37-27(2,3)4/h6-13,16-17H,14-15H2,1-5H3. The van der Waals surface area contributed by atoms with Crippen LogP contribution in [0.1, 0.15) is 26.3 Å². The average molecular weight is 540 g/mol. The number of oxazole rings is 1. The molecule has 4 rings (SSSR count). The van der Waals surface area contributed by atoms with E-state index < -0.39 is 21.8 Å². The summed E-state index contributed by atoms with van der Waals surface area (Å²) < 4.78 is 46.5. The number of carbonyl (C=O) groups excluding carboxylic acids is 1. The van der Waals surface area contributed by atoms with Crippen LogP contribution >= 0.6 is 0 Å². The van der Waals surface area contributed by atoms with Crippen molar-refractivity contribution in [2.24, 2.45) is 0 Å².